The highest BCUT2D eigenvalue weighted by Gasteiger charge is 2.14. The van der Waals surface area contributed by atoms with E-state index in [0.717, 1.165) is 32.7 Å². The van der Waals surface area contributed by atoms with Crippen molar-refractivity contribution >= 4 is 33.6 Å². The van der Waals surface area contributed by atoms with Gasteiger partial charge in [0.25, 0.3) is 5.91 Å². The molecule has 0 radical (unpaired) electrons. The maximum Gasteiger partial charge on any atom is 0.266 e. The molecule has 30 heavy (non-hydrogen) atoms. The number of amides is 1. The second-order valence-corrected chi connectivity index (χ2v) is 7.80. The Morgan fingerprint density at radius 2 is 1.83 bits per heavy atom. The molecule has 0 spiro atoms. The summed E-state index contributed by atoms with van der Waals surface area (Å²) < 4.78 is 8.28. The number of anilines is 1. The van der Waals surface area contributed by atoms with Gasteiger partial charge in [0, 0.05) is 27.2 Å². The second-order valence-electron chi connectivity index (χ2n) is 6.95. The average molecular weight is 464 g/mol. The van der Waals surface area contributed by atoms with E-state index in [-0.39, 0.29) is 5.57 Å². The van der Waals surface area contributed by atoms with Crippen LogP contribution in [0.25, 0.3) is 11.8 Å². The van der Waals surface area contributed by atoms with E-state index in [1.807, 2.05) is 45.0 Å². The zero-order valence-corrected chi connectivity index (χ0v) is 18.9. The van der Waals surface area contributed by atoms with Crippen molar-refractivity contribution in [3.05, 3.63) is 81.1 Å². The Balaban J connectivity index is 1.91. The van der Waals surface area contributed by atoms with Gasteiger partial charge in [-0.15, -0.1) is 0 Å². The summed E-state index contributed by atoms with van der Waals surface area (Å²) in [5, 5.41) is 12.3. The van der Waals surface area contributed by atoms with Crippen LogP contribution in [0.5, 0.6) is 5.75 Å². The Morgan fingerprint density at radius 3 is 2.43 bits per heavy atom. The Bertz CT molecular complexity index is 1170. The standard InChI is InChI=1S/C24H22BrN3O2/c1-15-11-21(7-10-23(15)25)28-16(2)12-18(17(28)3)13-19(14-26)24(29)27-20-5-8-22(30-4)9-6-20/h5-13H,1-4H3,(H,27,29)/b19-13-. The van der Waals surface area contributed by atoms with Crippen LogP contribution in [0.15, 0.2) is 58.6 Å². The average Bonchev–Trinajstić information content (AvgIpc) is 3.01. The van der Waals surface area contributed by atoms with E-state index in [9.17, 15) is 10.1 Å². The van der Waals surface area contributed by atoms with Gasteiger partial charge in [-0.1, -0.05) is 15.9 Å². The van der Waals surface area contributed by atoms with E-state index in [2.05, 4.69) is 31.9 Å². The number of nitriles is 1. The lowest BCUT2D eigenvalue weighted by Gasteiger charge is -2.11. The number of hydrogen-bond donors (Lipinski definition) is 1. The van der Waals surface area contributed by atoms with Crippen molar-refractivity contribution in [3.63, 3.8) is 0 Å². The first kappa shape index (κ1) is 21.4. The van der Waals surface area contributed by atoms with Crippen LogP contribution in [-0.2, 0) is 4.79 Å². The molecule has 0 atom stereocenters. The monoisotopic (exact) mass is 463 g/mol. The van der Waals surface area contributed by atoms with Gasteiger partial charge in [-0.3, -0.25) is 4.79 Å². The Kier molecular flexibility index (Phi) is 6.43. The van der Waals surface area contributed by atoms with Crippen LogP contribution in [-0.4, -0.2) is 17.6 Å². The minimum Gasteiger partial charge on any atom is -0.497 e. The number of benzene rings is 2. The molecule has 1 N–H and O–H groups in total. The fraction of sp³-hybridized carbons (Fsp3) is 0.167. The first-order valence-corrected chi connectivity index (χ1v) is 10.2. The molecule has 2 aromatic carbocycles. The maximum atomic E-state index is 12.6. The highest BCUT2D eigenvalue weighted by Crippen LogP contribution is 2.26. The van der Waals surface area contributed by atoms with Gasteiger partial charge in [0.2, 0.25) is 0 Å². The molecule has 0 unspecified atom stereocenters. The number of aromatic nitrogens is 1. The van der Waals surface area contributed by atoms with Crippen molar-refractivity contribution in [1.29, 1.82) is 5.26 Å². The summed E-state index contributed by atoms with van der Waals surface area (Å²) in [5.41, 5.74) is 5.61. The lowest BCUT2D eigenvalue weighted by molar-refractivity contribution is -0.112. The Hall–Kier alpha value is -3.30. The highest BCUT2D eigenvalue weighted by molar-refractivity contribution is 9.10. The van der Waals surface area contributed by atoms with Gasteiger partial charge in [-0.05, 0) is 86.5 Å². The van der Waals surface area contributed by atoms with Crippen LogP contribution in [0.1, 0.15) is 22.5 Å². The van der Waals surface area contributed by atoms with Crippen molar-refractivity contribution in [2.45, 2.75) is 20.8 Å². The summed E-state index contributed by atoms with van der Waals surface area (Å²) in [7, 11) is 1.58. The van der Waals surface area contributed by atoms with Gasteiger partial charge >= 0.3 is 0 Å². The highest BCUT2D eigenvalue weighted by atomic mass is 79.9. The van der Waals surface area contributed by atoms with Crippen LogP contribution in [0.3, 0.4) is 0 Å². The van der Waals surface area contributed by atoms with Crippen LogP contribution in [0.4, 0.5) is 5.69 Å². The van der Waals surface area contributed by atoms with Crippen molar-refractivity contribution in [1.82, 2.24) is 4.57 Å². The van der Waals surface area contributed by atoms with Crippen LogP contribution in [0.2, 0.25) is 0 Å². The molecule has 0 saturated heterocycles. The maximum absolute atomic E-state index is 12.6. The van der Waals surface area contributed by atoms with E-state index in [1.165, 1.54) is 0 Å². The molecular formula is C24H22BrN3O2. The number of ether oxygens (including phenoxy) is 1. The largest absolute Gasteiger partial charge is 0.497 e. The van der Waals surface area contributed by atoms with Crippen LogP contribution >= 0.6 is 15.9 Å². The predicted octanol–water partition coefficient (Wildman–Crippen LogP) is 5.72. The number of rotatable bonds is 5. The molecule has 0 bridgehead atoms. The number of hydrogen-bond acceptors (Lipinski definition) is 3. The third-order valence-electron chi connectivity index (χ3n) is 4.88. The molecule has 1 amide bonds. The quantitative estimate of drug-likeness (QED) is 0.388. The predicted molar refractivity (Wildman–Crippen MR) is 123 cm³/mol. The zero-order valence-electron chi connectivity index (χ0n) is 17.3. The topological polar surface area (TPSA) is 67.0 Å². The van der Waals surface area contributed by atoms with E-state index in [4.69, 9.17) is 4.74 Å². The second kappa shape index (κ2) is 9.02. The number of halogens is 1. The molecule has 0 saturated carbocycles. The zero-order chi connectivity index (χ0) is 21.8. The van der Waals surface area contributed by atoms with Gasteiger partial charge in [0.05, 0.1) is 7.11 Å². The van der Waals surface area contributed by atoms with Gasteiger partial charge in [-0.2, -0.15) is 5.26 Å². The van der Waals surface area contributed by atoms with E-state index >= 15 is 0 Å². The summed E-state index contributed by atoms with van der Waals surface area (Å²) in [4.78, 5) is 12.6. The molecule has 0 aliphatic heterocycles. The number of carbonyl (C=O) groups excluding carboxylic acids is 1. The van der Waals surface area contributed by atoms with Crippen molar-refractivity contribution < 1.29 is 9.53 Å². The minimum atomic E-state index is -0.452. The molecule has 1 aromatic heterocycles. The molecule has 0 fully saturated rings. The van der Waals surface area contributed by atoms with Crippen LogP contribution < -0.4 is 10.1 Å². The van der Waals surface area contributed by atoms with Crippen molar-refractivity contribution in [2.75, 3.05) is 12.4 Å². The summed E-state index contributed by atoms with van der Waals surface area (Å²) in [6.07, 6.45) is 1.63. The molecule has 3 rings (SSSR count). The van der Waals surface area contributed by atoms with Crippen LogP contribution in [0, 0.1) is 32.1 Å². The Labute approximate surface area is 184 Å². The number of aryl methyl sites for hydroxylation is 2. The number of carbonyl (C=O) groups is 1. The number of methoxy groups -OCH3 is 1. The normalized spacial score (nSPS) is 11.1. The molecule has 5 nitrogen and oxygen atoms in total. The number of nitrogens with zero attached hydrogens (tertiary/aromatic N) is 2. The smallest absolute Gasteiger partial charge is 0.266 e. The molecule has 0 aliphatic rings. The summed E-state index contributed by atoms with van der Waals surface area (Å²) in [6.45, 7) is 6.03. The van der Waals surface area contributed by atoms with E-state index in [0.29, 0.717) is 11.4 Å². The van der Waals surface area contributed by atoms with Gasteiger partial charge in [0.15, 0.2) is 0 Å². The lowest BCUT2D eigenvalue weighted by atomic mass is 10.1. The Morgan fingerprint density at radius 1 is 1.13 bits per heavy atom. The van der Waals surface area contributed by atoms with Gasteiger partial charge in [0.1, 0.15) is 17.4 Å². The molecule has 0 aliphatic carbocycles. The molecule has 6 heteroatoms. The third-order valence-corrected chi connectivity index (χ3v) is 5.77. The fourth-order valence-electron chi connectivity index (χ4n) is 3.28. The molecule has 1 heterocycles. The molecular weight excluding hydrogens is 442 g/mol. The van der Waals surface area contributed by atoms with E-state index in [1.54, 1.807) is 37.5 Å². The van der Waals surface area contributed by atoms with Gasteiger partial charge < -0.3 is 14.6 Å². The van der Waals surface area contributed by atoms with Gasteiger partial charge in [-0.25, -0.2) is 0 Å². The fourth-order valence-corrected chi connectivity index (χ4v) is 3.52. The lowest BCUT2D eigenvalue weighted by Crippen LogP contribution is -2.13. The number of nitrogens with one attached hydrogen (secondary N) is 1. The summed E-state index contributed by atoms with van der Waals surface area (Å²) in [5.74, 6) is 0.242. The third kappa shape index (κ3) is 4.47. The molecule has 3 aromatic rings. The first-order chi connectivity index (χ1) is 14.3. The molecule has 152 valence electrons. The summed E-state index contributed by atoms with van der Waals surface area (Å²) >= 11 is 3.53. The first-order valence-electron chi connectivity index (χ1n) is 9.36. The SMILES string of the molecule is COc1ccc(NC(=O)/C(C#N)=C\c2cc(C)n(-c3ccc(Br)c(C)c3)c2C)cc1. The minimum absolute atomic E-state index is 0.0399. The summed E-state index contributed by atoms with van der Waals surface area (Å²) in [6, 6.07) is 17.1. The van der Waals surface area contributed by atoms with Crippen molar-refractivity contribution in [3.8, 4) is 17.5 Å². The van der Waals surface area contributed by atoms with Crippen molar-refractivity contribution in [2.24, 2.45) is 0 Å². The van der Waals surface area contributed by atoms with E-state index < -0.39 is 5.91 Å².